The summed E-state index contributed by atoms with van der Waals surface area (Å²) < 4.78 is 0. The van der Waals surface area contributed by atoms with Crippen LogP contribution in [0.1, 0.15) is 10.4 Å². The van der Waals surface area contributed by atoms with Gasteiger partial charge in [-0.1, -0.05) is 23.2 Å². The molecule has 0 saturated heterocycles. The Hall–Kier alpha value is -2.31. The average Bonchev–Trinajstić information content (AvgIpc) is 2.44. The fourth-order valence-corrected chi connectivity index (χ4v) is 1.99. The maximum absolute atomic E-state index is 11.9. The van der Waals surface area contributed by atoms with Gasteiger partial charge in [0, 0.05) is 17.7 Å². The van der Waals surface area contributed by atoms with E-state index in [0.717, 1.165) is 0 Å². The van der Waals surface area contributed by atoms with Gasteiger partial charge in [-0.25, -0.2) is 4.99 Å². The number of hydrogen-bond acceptors (Lipinski definition) is 4. The summed E-state index contributed by atoms with van der Waals surface area (Å²) in [7, 11) is 0. The molecule has 0 spiro atoms. The molecule has 6 nitrogen and oxygen atoms in total. The van der Waals surface area contributed by atoms with E-state index in [1.807, 2.05) is 0 Å². The maximum atomic E-state index is 11.9. The van der Waals surface area contributed by atoms with Crippen molar-refractivity contribution in [1.82, 2.24) is 0 Å². The standard InChI is InChI=1S/C13H6Cl2N2O4/c14-10-5-8(6-11(15)12(10)18)16-13(19)7-1-3-9(4-2-7)17(20)21/h1-6H. The molecule has 1 aliphatic rings. The van der Waals surface area contributed by atoms with Crippen LogP contribution in [0, 0.1) is 10.1 Å². The van der Waals surface area contributed by atoms with Crippen molar-refractivity contribution in [3.05, 3.63) is 62.2 Å². The summed E-state index contributed by atoms with van der Waals surface area (Å²) in [5, 5.41) is 10.2. The molecule has 0 fully saturated rings. The molecule has 0 N–H and O–H groups in total. The largest absolute Gasteiger partial charge is 0.287 e. The van der Waals surface area contributed by atoms with Crippen molar-refractivity contribution >= 4 is 46.3 Å². The van der Waals surface area contributed by atoms with Gasteiger partial charge in [0.1, 0.15) is 0 Å². The number of carbonyl (C=O) groups is 2. The monoisotopic (exact) mass is 324 g/mol. The van der Waals surface area contributed by atoms with E-state index in [1.165, 1.54) is 36.4 Å². The van der Waals surface area contributed by atoms with Gasteiger partial charge in [0.2, 0.25) is 5.78 Å². The number of nitrogens with zero attached hydrogens (tertiary/aromatic N) is 2. The summed E-state index contributed by atoms with van der Waals surface area (Å²) in [6.07, 6.45) is 2.44. The van der Waals surface area contributed by atoms with Gasteiger partial charge in [-0.3, -0.25) is 19.7 Å². The van der Waals surface area contributed by atoms with Crippen molar-refractivity contribution in [2.24, 2.45) is 4.99 Å². The number of ketones is 1. The van der Waals surface area contributed by atoms with Crippen LogP contribution in [-0.2, 0) is 4.79 Å². The molecule has 0 aromatic heterocycles. The number of Topliss-reactive ketones (excluding diaryl/α,β-unsaturated/α-hetero) is 1. The number of aliphatic imine (C=N–C) groups is 1. The zero-order chi connectivity index (χ0) is 15.6. The lowest BCUT2D eigenvalue weighted by atomic mass is 10.1. The highest BCUT2D eigenvalue weighted by molar-refractivity contribution is 6.57. The topological polar surface area (TPSA) is 89.6 Å². The first-order valence-corrected chi connectivity index (χ1v) is 6.30. The van der Waals surface area contributed by atoms with E-state index in [4.69, 9.17) is 23.2 Å². The molecule has 1 aromatic rings. The molecule has 1 amide bonds. The number of nitro groups is 1. The number of carbonyl (C=O) groups excluding carboxylic acids is 2. The molecule has 1 aromatic carbocycles. The van der Waals surface area contributed by atoms with E-state index < -0.39 is 16.6 Å². The molecule has 106 valence electrons. The van der Waals surface area contributed by atoms with Gasteiger partial charge in [0.25, 0.3) is 11.6 Å². The summed E-state index contributed by atoms with van der Waals surface area (Å²) in [6, 6.07) is 4.97. The number of allylic oxidation sites excluding steroid dienone is 4. The predicted molar refractivity (Wildman–Crippen MR) is 77.7 cm³/mol. The van der Waals surface area contributed by atoms with Gasteiger partial charge >= 0.3 is 0 Å². The van der Waals surface area contributed by atoms with E-state index in [9.17, 15) is 19.7 Å². The zero-order valence-electron chi connectivity index (χ0n) is 10.2. The van der Waals surface area contributed by atoms with Crippen LogP contribution in [0.2, 0.25) is 0 Å². The van der Waals surface area contributed by atoms with E-state index in [1.54, 1.807) is 0 Å². The normalized spacial score (nSPS) is 14.4. The molecule has 0 unspecified atom stereocenters. The van der Waals surface area contributed by atoms with Crippen LogP contribution >= 0.6 is 23.2 Å². The number of nitro benzene ring substituents is 1. The van der Waals surface area contributed by atoms with Crippen LogP contribution in [-0.4, -0.2) is 22.3 Å². The quantitative estimate of drug-likeness (QED) is 0.475. The SMILES string of the molecule is O=C1C(Cl)=CC(=NC(=O)c2ccc([N+](=O)[O-])cc2)C=C1Cl. The van der Waals surface area contributed by atoms with Gasteiger partial charge < -0.3 is 0 Å². The molecular weight excluding hydrogens is 319 g/mol. The van der Waals surface area contributed by atoms with Crippen molar-refractivity contribution in [2.45, 2.75) is 0 Å². The van der Waals surface area contributed by atoms with Gasteiger partial charge in [0.15, 0.2) is 0 Å². The molecule has 0 atom stereocenters. The van der Waals surface area contributed by atoms with Gasteiger partial charge in [-0.2, -0.15) is 0 Å². The lowest BCUT2D eigenvalue weighted by molar-refractivity contribution is -0.384. The first kappa shape index (κ1) is 15.1. The lowest BCUT2D eigenvalue weighted by Gasteiger charge is -2.05. The van der Waals surface area contributed by atoms with Crippen LogP contribution in [0.3, 0.4) is 0 Å². The Balaban J connectivity index is 2.27. The molecular formula is C13H6Cl2N2O4. The highest BCUT2D eigenvalue weighted by atomic mass is 35.5. The second-order valence-electron chi connectivity index (χ2n) is 3.96. The first-order valence-electron chi connectivity index (χ1n) is 5.55. The third-order valence-electron chi connectivity index (χ3n) is 2.54. The predicted octanol–water partition coefficient (Wildman–Crippen LogP) is 3.00. The Bertz CT molecular complexity index is 709. The smallest absolute Gasteiger partial charge is 0.277 e. The fourth-order valence-electron chi connectivity index (χ4n) is 1.52. The molecule has 2 rings (SSSR count). The average molecular weight is 325 g/mol. The van der Waals surface area contributed by atoms with Crippen LogP contribution in [0.25, 0.3) is 0 Å². The second-order valence-corrected chi connectivity index (χ2v) is 4.77. The maximum Gasteiger partial charge on any atom is 0.277 e. The van der Waals surface area contributed by atoms with E-state index in [2.05, 4.69) is 4.99 Å². The third kappa shape index (κ3) is 3.42. The summed E-state index contributed by atoms with van der Waals surface area (Å²) in [5.74, 6) is -1.17. The van der Waals surface area contributed by atoms with E-state index >= 15 is 0 Å². The molecule has 0 aliphatic heterocycles. The number of hydrogen-bond donors (Lipinski definition) is 0. The highest BCUT2D eigenvalue weighted by Crippen LogP contribution is 2.20. The number of amides is 1. The number of halogens is 2. The number of non-ortho nitro benzene ring substituents is 1. The van der Waals surface area contributed by atoms with Crippen LogP contribution in [0.5, 0.6) is 0 Å². The van der Waals surface area contributed by atoms with Gasteiger partial charge in [-0.15, -0.1) is 0 Å². The summed E-state index contributed by atoms with van der Waals surface area (Å²) in [5.41, 5.74) is 0.167. The third-order valence-corrected chi connectivity index (χ3v) is 3.10. The van der Waals surface area contributed by atoms with Crippen molar-refractivity contribution in [3.63, 3.8) is 0 Å². The van der Waals surface area contributed by atoms with Crippen LogP contribution < -0.4 is 0 Å². The van der Waals surface area contributed by atoms with Crippen molar-refractivity contribution < 1.29 is 14.5 Å². The fraction of sp³-hybridized carbons (Fsp3) is 0. The Morgan fingerprint density at radius 2 is 1.62 bits per heavy atom. The summed E-state index contributed by atoms with van der Waals surface area (Å²) >= 11 is 11.3. The molecule has 0 saturated carbocycles. The van der Waals surface area contributed by atoms with Crippen molar-refractivity contribution in [1.29, 1.82) is 0 Å². The van der Waals surface area contributed by atoms with Crippen molar-refractivity contribution in [2.75, 3.05) is 0 Å². The molecule has 0 radical (unpaired) electrons. The molecule has 8 heteroatoms. The highest BCUT2D eigenvalue weighted by Gasteiger charge is 2.18. The summed E-state index contributed by atoms with van der Waals surface area (Å²) in [4.78, 5) is 36.9. The zero-order valence-corrected chi connectivity index (χ0v) is 11.8. The van der Waals surface area contributed by atoms with Crippen LogP contribution in [0.15, 0.2) is 51.5 Å². The lowest BCUT2D eigenvalue weighted by Crippen LogP contribution is -2.09. The van der Waals surface area contributed by atoms with E-state index in [-0.39, 0.29) is 27.0 Å². The summed E-state index contributed by atoms with van der Waals surface area (Å²) in [6.45, 7) is 0. The molecule has 1 aliphatic carbocycles. The Morgan fingerprint density at radius 1 is 1.10 bits per heavy atom. The molecule has 0 bridgehead atoms. The minimum absolute atomic E-state index is 0.131. The molecule has 0 heterocycles. The van der Waals surface area contributed by atoms with Crippen molar-refractivity contribution in [3.8, 4) is 0 Å². The Kier molecular flexibility index (Phi) is 4.30. The number of rotatable bonds is 2. The van der Waals surface area contributed by atoms with Crippen LogP contribution in [0.4, 0.5) is 5.69 Å². The number of benzene rings is 1. The van der Waals surface area contributed by atoms with Gasteiger partial charge in [0.05, 0.1) is 20.7 Å². The molecule has 21 heavy (non-hydrogen) atoms. The minimum Gasteiger partial charge on any atom is -0.287 e. The second kappa shape index (κ2) is 5.99. The van der Waals surface area contributed by atoms with E-state index in [0.29, 0.717) is 0 Å². The Labute approximate surface area is 128 Å². The van der Waals surface area contributed by atoms with Gasteiger partial charge in [-0.05, 0) is 24.3 Å². The Morgan fingerprint density at radius 3 is 2.10 bits per heavy atom. The first-order chi connectivity index (χ1) is 9.88. The minimum atomic E-state index is -0.629.